The Morgan fingerprint density at radius 1 is 1.14 bits per heavy atom. The summed E-state index contributed by atoms with van der Waals surface area (Å²) >= 11 is 0. The van der Waals surface area contributed by atoms with Gasteiger partial charge in [-0.25, -0.2) is 4.98 Å². The van der Waals surface area contributed by atoms with Crippen LogP contribution in [0.3, 0.4) is 0 Å². The van der Waals surface area contributed by atoms with Crippen molar-refractivity contribution in [2.75, 3.05) is 19.0 Å². The van der Waals surface area contributed by atoms with E-state index in [0.717, 1.165) is 34.8 Å². The number of pyridine rings is 1. The third kappa shape index (κ3) is 2.75. The van der Waals surface area contributed by atoms with Crippen LogP contribution in [0.15, 0.2) is 36.4 Å². The van der Waals surface area contributed by atoms with Crippen LogP contribution in [0.25, 0.3) is 0 Å². The Morgan fingerprint density at radius 2 is 1.95 bits per heavy atom. The molecule has 0 bridgehead atoms. The van der Waals surface area contributed by atoms with E-state index in [9.17, 15) is 4.79 Å². The molecule has 0 amide bonds. The van der Waals surface area contributed by atoms with Crippen LogP contribution in [-0.4, -0.2) is 24.9 Å². The Kier molecular flexibility index (Phi) is 3.60. The number of ether oxygens (including phenoxy) is 1. The van der Waals surface area contributed by atoms with E-state index in [1.54, 1.807) is 0 Å². The first-order valence-corrected chi connectivity index (χ1v) is 7.06. The lowest BCUT2D eigenvalue weighted by Crippen LogP contribution is -2.12. The summed E-state index contributed by atoms with van der Waals surface area (Å²) in [6.07, 6.45) is 1.36. The van der Waals surface area contributed by atoms with Gasteiger partial charge in [0.1, 0.15) is 18.2 Å². The smallest absolute Gasteiger partial charge is 0.163 e. The molecule has 0 spiro atoms. The summed E-state index contributed by atoms with van der Waals surface area (Å²) in [5.74, 6) is 1.92. The highest BCUT2D eigenvalue weighted by molar-refractivity contribution is 6.01. The zero-order valence-corrected chi connectivity index (χ0v) is 12.3. The summed E-state index contributed by atoms with van der Waals surface area (Å²) in [4.78, 5) is 18.2. The van der Waals surface area contributed by atoms with E-state index in [1.165, 1.54) is 0 Å². The second-order valence-electron chi connectivity index (χ2n) is 5.38. The van der Waals surface area contributed by atoms with Gasteiger partial charge in [0.2, 0.25) is 0 Å². The summed E-state index contributed by atoms with van der Waals surface area (Å²) in [5.41, 5.74) is 2.72. The number of carbonyl (C=O) groups excluding carboxylic acids is 1. The van der Waals surface area contributed by atoms with Crippen molar-refractivity contribution in [3.8, 4) is 5.75 Å². The van der Waals surface area contributed by atoms with Crippen molar-refractivity contribution in [1.82, 2.24) is 4.98 Å². The minimum absolute atomic E-state index is 0.211. The van der Waals surface area contributed by atoms with Crippen LogP contribution in [0.1, 0.15) is 28.0 Å². The predicted molar refractivity (Wildman–Crippen MR) is 82.0 cm³/mol. The first-order valence-electron chi connectivity index (χ1n) is 7.06. The monoisotopic (exact) mass is 282 g/mol. The highest BCUT2D eigenvalue weighted by atomic mass is 16.5. The molecule has 1 aromatic carbocycles. The molecular formula is C17H18N2O2. The molecular weight excluding hydrogens is 264 g/mol. The predicted octanol–water partition coefficient (Wildman–Crippen LogP) is 2.86. The fourth-order valence-electron chi connectivity index (χ4n) is 2.54. The van der Waals surface area contributed by atoms with Crippen molar-refractivity contribution >= 4 is 11.6 Å². The quantitative estimate of drug-likeness (QED) is 0.865. The van der Waals surface area contributed by atoms with Crippen molar-refractivity contribution in [3.05, 3.63) is 53.2 Å². The van der Waals surface area contributed by atoms with Gasteiger partial charge in [-0.15, -0.1) is 0 Å². The van der Waals surface area contributed by atoms with Crippen molar-refractivity contribution in [2.24, 2.45) is 0 Å². The molecule has 1 aliphatic carbocycles. The summed E-state index contributed by atoms with van der Waals surface area (Å²) in [7, 11) is 3.92. The number of hydrogen-bond donors (Lipinski definition) is 0. The van der Waals surface area contributed by atoms with E-state index in [0.29, 0.717) is 13.0 Å². The Hall–Kier alpha value is -2.36. The van der Waals surface area contributed by atoms with Crippen LogP contribution >= 0.6 is 0 Å². The van der Waals surface area contributed by atoms with Gasteiger partial charge in [-0.1, -0.05) is 18.2 Å². The maximum absolute atomic E-state index is 11.7. The minimum Gasteiger partial charge on any atom is -0.487 e. The Morgan fingerprint density at radius 3 is 2.76 bits per heavy atom. The lowest BCUT2D eigenvalue weighted by atomic mass is 10.1. The maximum Gasteiger partial charge on any atom is 0.163 e. The van der Waals surface area contributed by atoms with Gasteiger partial charge < -0.3 is 9.64 Å². The molecule has 4 nitrogen and oxygen atoms in total. The van der Waals surface area contributed by atoms with Gasteiger partial charge in [-0.05, 0) is 24.6 Å². The van der Waals surface area contributed by atoms with Crippen LogP contribution < -0.4 is 9.64 Å². The van der Waals surface area contributed by atoms with E-state index in [-0.39, 0.29) is 5.78 Å². The Balaban J connectivity index is 1.77. The largest absolute Gasteiger partial charge is 0.487 e. The molecule has 2 aromatic rings. The lowest BCUT2D eigenvalue weighted by molar-refractivity contribution is 0.0994. The molecule has 0 unspecified atom stereocenters. The summed E-state index contributed by atoms with van der Waals surface area (Å²) in [6.45, 7) is 0.409. The number of rotatable bonds is 4. The second-order valence-corrected chi connectivity index (χ2v) is 5.38. The summed E-state index contributed by atoms with van der Waals surface area (Å²) < 4.78 is 5.88. The number of ketones is 1. The molecule has 4 heteroatoms. The van der Waals surface area contributed by atoms with Gasteiger partial charge in [0.05, 0.1) is 5.69 Å². The standard InChI is InChI=1S/C17H18N2O2/c1-19(2)17-8-3-5-12(18-17)11-21-16-7-4-6-13-14(16)9-10-15(13)20/h3-8H,9-11H2,1-2H3. The fraction of sp³-hybridized carbons (Fsp3) is 0.294. The molecule has 0 saturated heterocycles. The summed E-state index contributed by atoms with van der Waals surface area (Å²) in [5, 5.41) is 0. The van der Waals surface area contributed by atoms with E-state index < -0.39 is 0 Å². The van der Waals surface area contributed by atoms with Gasteiger partial charge in [0.25, 0.3) is 0 Å². The first kappa shape index (κ1) is 13.6. The number of nitrogens with zero attached hydrogens (tertiary/aromatic N) is 2. The molecule has 0 aliphatic heterocycles. The molecule has 0 N–H and O–H groups in total. The SMILES string of the molecule is CN(C)c1cccc(COc2cccc3c2CCC3=O)n1. The number of fused-ring (bicyclic) bond motifs is 1. The van der Waals surface area contributed by atoms with Crippen LogP contribution in [0.2, 0.25) is 0 Å². The number of benzene rings is 1. The van der Waals surface area contributed by atoms with Crippen LogP contribution in [0.5, 0.6) is 5.75 Å². The van der Waals surface area contributed by atoms with Crippen LogP contribution in [-0.2, 0) is 13.0 Å². The van der Waals surface area contributed by atoms with Gasteiger partial charge in [-0.3, -0.25) is 4.79 Å². The first-order chi connectivity index (χ1) is 10.1. The van der Waals surface area contributed by atoms with E-state index in [1.807, 2.05) is 55.4 Å². The molecule has 108 valence electrons. The molecule has 3 rings (SSSR count). The van der Waals surface area contributed by atoms with Gasteiger partial charge >= 0.3 is 0 Å². The highest BCUT2D eigenvalue weighted by Crippen LogP contribution is 2.30. The molecule has 1 aromatic heterocycles. The average Bonchev–Trinajstić information content (AvgIpc) is 2.88. The Labute approximate surface area is 124 Å². The van der Waals surface area contributed by atoms with E-state index in [4.69, 9.17) is 4.74 Å². The highest BCUT2D eigenvalue weighted by Gasteiger charge is 2.22. The Bertz CT molecular complexity index is 680. The molecule has 0 radical (unpaired) electrons. The van der Waals surface area contributed by atoms with Crippen molar-refractivity contribution in [2.45, 2.75) is 19.4 Å². The van der Waals surface area contributed by atoms with Gasteiger partial charge in [0, 0.05) is 31.6 Å². The van der Waals surface area contributed by atoms with Crippen LogP contribution in [0, 0.1) is 0 Å². The molecule has 21 heavy (non-hydrogen) atoms. The zero-order chi connectivity index (χ0) is 14.8. The molecule has 1 aliphatic rings. The van der Waals surface area contributed by atoms with Crippen molar-refractivity contribution in [1.29, 1.82) is 0 Å². The molecule has 1 heterocycles. The molecule has 0 saturated carbocycles. The topological polar surface area (TPSA) is 42.4 Å². The average molecular weight is 282 g/mol. The van der Waals surface area contributed by atoms with E-state index in [2.05, 4.69) is 4.98 Å². The third-order valence-electron chi connectivity index (χ3n) is 3.66. The summed E-state index contributed by atoms with van der Waals surface area (Å²) in [6, 6.07) is 11.6. The zero-order valence-electron chi connectivity index (χ0n) is 12.3. The number of anilines is 1. The van der Waals surface area contributed by atoms with Crippen molar-refractivity contribution in [3.63, 3.8) is 0 Å². The van der Waals surface area contributed by atoms with Crippen molar-refractivity contribution < 1.29 is 9.53 Å². The fourth-order valence-corrected chi connectivity index (χ4v) is 2.54. The number of carbonyl (C=O) groups is 1. The van der Waals surface area contributed by atoms with Crippen LogP contribution in [0.4, 0.5) is 5.82 Å². The maximum atomic E-state index is 11.7. The van der Waals surface area contributed by atoms with E-state index >= 15 is 0 Å². The third-order valence-corrected chi connectivity index (χ3v) is 3.66. The lowest BCUT2D eigenvalue weighted by Gasteiger charge is -2.13. The van der Waals surface area contributed by atoms with Gasteiger partial charge in [0.15, 0.2) is 5.78 Å². The van der Waals surface area contributed by atoms with Gasteiger partial charge in [-0.2, -0.15) is 0 Å². The second kappa shape index (κ2) is 5.56. The molecule has 0 fully saturated rings. The number of aromatic nitrogens is 1. The minimum atomic E-state index is 0.211. The molecule has 0 atom stereocenters. The number of hydrogen-bond acceptors (Lipinski definition) is 4. The number of Topliss-reactive ketones (excluding diaryl/α,β-unsaturated/α-hetero) is 1. The normalized spacial score (nSPS) is 13.1.